The Hall–Kier alpha value is -4.30. The zero-order valence-corrected chi connectivity index (χ0v) is 32.9. The molecule has 3 fully saturated rings. The summed E-state index contributed by atoms with van der Waals surface area (Å²) >= 11 is 0. The number of hydrogen-bond acceptors (Lipinski definition) is 22. The number of phenolic OH excluding ortho intramolecular Hbond substituents is 2. The molecule has 3 saturated heterocycles. The molecule has 0 saturated carbocycles. The predicted molar refractivity (Wildman–Crippen MR) is 192 cm³/mol. The van der Waals surface area contributed by atoms with Crippen LogP contribution in [0.3, 0.4) is 0 Å². The van der Waals surface area contributed by atoms with Crippen LogP contribution in [0.25, 0.3) is 0 Å². The zero-order chi connectivity index (χ0) is 43.4. The van der Waals surface area contributed by atoms with Gasteiger partial charge in [0.25, 0.3) is 0 Å². The maximum atomic E-state index is 12.8. The van der Waals surface area contributed by atoms with E-state index in [1.165, 1.54) is 52.7 Å². The Bertz CT molecular complexity index is 1720. The second kappa shape index (κ2) is 19.0. The van der Waals surface area contributed by atoms with Crippen LogP contribution in [0, 0.1) is 0 Å². The average Bonchev–Trinajstić information content (AvgIpc) is 3.66. The second-order valence-corrected chi connectivity index (χ2v) is 14.2. The maximum absolute atomic E-state index is 12.8. The van der Waals surface area contributed by atoms with Gasteiger partial charge in [0, 0.05) is 0 Å². The van der Waals surface area contributed by atoms with E-state index >= 15 is 0 Å². The molecular formula is C37H50O22. The average molecular weight is 847 g/mol. The highest BCUT2D eigenvalue weighted by atomic mass is 16.8. The number of carbonyl (C=O) groups excluding carboxylic acids is 2. The van der Waals surface area contributed by atoms with Gasteiger partial charge < -0.3 is 97.7 Å². The number of esters is 2. The third-order valence-corrected chi connectivity index (χ3v) is 9.72. The summed E-state index contributed by atoms with van der Waals surface area (Å²) < 4.78 is 64.6. The van der Waals surface area contributed by atoms with Crippen LogP contribution >= 0.6 is 0 Å². The van der Waals surface area contributed by atoms with Gasteiger partial charge >= 0.3 is 11.9 Å². The number of hydrogen-bond donors (Lipinski definition) is 8. The van der Waals surface area contributed by atoms with Crippen LogP contribution in [0.2, 0.25) is 0 Å². The molecule has 0 aliphatic carbocycles. The minimum atomic E-state index is -2.20. The predicted octanol–water partition coefficient (Wildman–Crippen LogP) is -1.68. The first kappa shape index (κ1) is 45.8. The van der Waals surface area contributed by atoms with Gasteiger partial charge in [0.2, 0.25) is 11.5 Å². The van der Waals surface area contributed by atoms with Gasteiger partial charge in [0.15, 0.2) is 53.1 Å². The smallest absolute Gasteiger partial charge is 0.338 e. The lowest BCUT2D eigenvalue weighted by atomic mass is 9.98. The van der Waals surface area contributed by atoms with E-state index in [0.29, 0.717) is 0 Å². The third-order valence-electron chi connectivity index (χ3n) is 9.72. The Morgan fingerprint density at radius 3 is 1.54 bits per heavy atom. The topological polar surface area (TPSA) is 307 Å². The van der Waals surface area contributed by atoms with E-state index in [2.05, 4.69) is 0 Å². The van der Waals surface area contributed by atoms with Crippen molar-refractivity contribution in [2.75, 3.05) is 61.5 Å². The molecule has 3 heterocycles. The highest BCUT2D eigenvalue weighted by Crippen LogP contribution is 2.39. The molecule has 8 N–H and O–H groups in total. The fourth-order valence-corrected chi connectivity index (χ4v) is 6.30. The first-order valence-electron chi connectivity index (χ1n) is 18.1. The van der Waals surface area contributed by atoms with Crippen molar-refractivity contribution in [3.63, 3.8) is 0 Å². The normalized spacial score (nSPS) is 31.8. The molecule has 5 rings (SSSR count). The summed E-state index contributed by atoms with van der Waals surface area (Å²) in [7, 11) is 5.05. The van der Waals surface area contributed by atoms with Crippen molar-refractivity contribution in [1.29, 1.82) is 0 Å². The van der Waals surface area contributed by atoms with E-state index in [-0.39, 0.29) is 45.6 Å². The second-order valence-electron chi connectivity index (χ2n) is 14.2. The number of aliphatic hydroxyl groups is 6. The lowest BCUT2D eigenvalue weighted by Crippen LogP contribution is -2.62. The van der Waals surface area contributed by atoms with Gasteiger partial charge in [-0.05, 0) is 38.1 Å². The Labute approximate surface area is 337 Å². The van der Waals surface area contributed by atoms with Crippen molar-refractivity contribution in [2.45, 2.75) is 86.6 Å². The third kappa shape index (κ3) is 9.85. The SMILES string of the molecule is COc1cc(C(=O)OC[C@@]2(O)CO[C@@H](OC[C@H]3O[C@@H](OC(C)C)[C@H](O[C@@H]4OC[C@](O)(COC(=O)c5cc(OC)c(O)c(OC)c5)[C@H]4O)[C@@H](O)[C@@H]3O)[C@@H]2O)cc(OC)c1O. The molecule has 59 heavy (non-hydrogen) atoms. The van der Waals surface area contributed by atoms with Crippen LogP contribution in [0.4, 0.5) is 0 Å². The summed E-state index contributed by atoms with van der Waals surface area (Å²) in [5.41, 5.74) is -4.55. The number of carbonyl (C=O) groups is 2. The number of phenols is 2. The Morgan fingerprint density at radius 2 is 1.12 bits per heavy atom. The summed E-state index contributed by atoms with van der Waals surface area (Å²) in [4.78, 5) is 25.6. The fraction of sp³-hybridized carbons (Fsp3) is 0.622. The van der Waals surface area contributed by atoms with Gasteiger partial charge in [-0.2, -0.15) is 0 Å². The summed E-state index contributed by atoms with van der Waals surface area (Å²) in [5, 5.41) is 86.6. The number of ether oxygens (including phenoxy) is 12. The zero-order valence-electron chi connectivity index (χ0n) is 32.9. The number of benzene rings is 2. The van der Waals surface area contributed by atoms with E-state index in [1.54, 1.807) is 13.8 Å². The molecule has 0 aromatic heterocycles. The van der Waals surface area contributed by atoms with E-state index in [1.807, 2.05) is 0 Å². The van der Waals surface area contributed by atoms with Gasteiger partial charge in [-0.1, -0.05) is 0 Å². The fourth-order valence-electron chi connectivity index (χ4n) is 6.30. The molecule has 0 amide bonds. The summed E-state index contributed by atoms with van der Waals surface area (Å²) in [6.07, 6.45) is -15.2. The van der Waals surface area contributed by atoms with Crippen molar-refractivity contribution < 1.29 is 107 Å². The van der Waals surface area contributed by atoms with E-state index < -0.39 is 118 Å². The van der Waals surface area contributed by atoms with Crippen LogP contribution in [0.5, 0.6) is 34.5 Å². The summed E-state index contributed by atoms with van der Waals surface area (Å²) in [6, 6.07) is 4.74. The first-order chi connectivity index (χ1) is 27.9. The van der Waals surface area contributed by atoms with Crippen LogP contribution in [-0.4, -0.2) is 187 Å². The minimum absolute atomic E-state index is 0.0760. The van der Waals surface area contributed by atoms with Crippen LogP contribution in [0.1, 0.15) is 34.6 Å². The molecule has 3 aliphatic heterocycles. The Morgan fingerprint density at radius 1 is 0.695 bits per heavy atom. The molecule has 22 nitrogen and oxygen atoms in total. The molecule has 2 aromatic rings. The quantitative estimate of drug-likeness (QED) is 0.0824. The summed E-state index contributed by atoms with van der Waals surface area (Å²) in [6.45, 7) is 0.0608. The molecule has 22 heteroatoms. The molecule has 0 unspecified atom stereocenters. The number of methoxy groups -OCH3 is 4. The van der Waals surface area contributed by atoms with Gasteiger partial charge in [0.1, 0.15) is 49.8 Å². The number of aliphatic hydroxyl groups excluding tert-OH is 4. The van der Waals surface area contributed by atoms with Crippen molar-refractivity contribution in [3.05, 3.63) is 35.4 Å². The van der Waals surface area contributed by atoms with E-state index in [9.17, 15) is 50.4 Å². The standard InChI is InChI=1S/C37H50O22/c1-16(2)57-33-28(59-35-30(43)37(47,15-56-35)13-54-32(45)18-9-21(50-5)25(39)22(10-18)51-6)27(41)26(40)23(58-33)11-52-34-29(42)36(46,14-55-34)12-53-31(44)17-7-19(48-3)24(38)20(8-17)49-4/h7-10,16,23,26-30,33-35,38-43,46-47H,11-15H2,1-6H3/t23-,26-,27+,28-,29+,30+,33-,34-,35+,36-,37-/m1/s1. The number of aromatic hydroxyl groups is 2. The number of rotatable bonds is 17. The summed E-state index contributed by atoms with van der Waals surface area (Å²) in [5.74, 6) is -2.95. The van der Waals surface area contributed by atoms with Crippen LogP contribution < -0.4 is 18.9 Å². The maximum Gasteiger partial charge on any atom is 0.338 e. The highest BCUT2D eigenvalue weighted by Gasteiger charge is 2.55. The first-order valence-corrected chi connectivity index (χ1v) is 18.1. The van der Waals surface area contributed by atoms with E-state index in [0.717, 1.165) is 0 Å². The largest absolute Gasteiger partial charge is 0.502 e. The monoisotopic (exact) mass is 846 g/mol. The lowest BCUT2D eigenvalue weighted by Gasteiger charge is -2.43. The van der Waals surface area contributed by atoms with Gasteiger partial charge in [-0.3, -0.25) is 0 Å². The van der Waals surface area contributed by atoms with Gasteiger partial charge in [-0.25, -0.2) is 9.59 Å². The lowest BCUT2D eigenvalue weighted by molar-refractivity contribution is -0.345. The van der Waals surface area contributed by atoms with Crippen molar-refractivity contribution in [2.24, 2.45) is 0 Å². The van der Waals surface area contributed by atoms with Crippen LogP contribution in [0.15, 0.2) is 24.3 Å². The molecule has 11 atom stereocenters. The highest BCUT2D eigenvalue weighted by molar-refractivity contribution is 5.91. The molecule has 3 aliphatic rings. The van der Waals surface area contributed by atoms with Crippen LogP contribution in [-0.2, 0) is 37.9 Å². The molecule has 0 bridgehead atoms. The van der Waals surface area contributed by atoms with Gasteiger partial charge in [-0.15, -0.1) is 0 Å². The molecule has 0 spiro atoms. The molecular weight excluding hydrogens is 796 g/mol. The molecule has 0 radical (unpaired) electrons. The van der Waals surface area contributed by atoms with Crippen molar-refractivity contribution in [3.8, 4) is 34.5 Å². The van der Waals surface area contributed by atoms with E-state index in [4.69, 9.17) is 56.8 Å². The Balaban J connectivity index is 1.16. The van der Waals surface area contributed by atoms with Crippen molar-refractivity contribution >= 4 is 11.9 Å². The molecule has 330 valence electrons. The molecule has 2 aromatic carbocycles. The Kier molecular flexibility index (Phi) is 14.7. The van der Waals surface area contributed by atoms with Crippen molar-refractivity contribution in [1.82, 2.24) is 0 Å². The minimum Gasteiger partial charge on any atom is -0.502 e. The van der Waals surface area contributed by atoms with Gasteiger partial charge in [0.05, 0.1) is 65.5 Å².